The van der Waals surface area contributed by atoms with Crippen molar-refractivity contribution in [2.24, 2.45) is 0 Å². The number of hydrogen-bond acceptors (Lipinski definition) is 6. The summed E-state index contributed by atoms with van der Waals surface area (Å²) in [5, 5.41) is 12.4. The number of benzene rings is 2. The first kappa shape index (κ1) is 31.9. The van der Waals surface area contributed by atoms with E-state index in [0.717, 1.165) is 48.1 Å². The van der Waals surface area contributed by atoms with Gasteiger partial charge in [-0.3, -0.25) is 4.79 Å². The van der Waals surface area contributed by atoms with Crippen molar-refractivity contribution in [3.05, 3.63) is 81.0 Å². The third-order valence-corrected chi connectivity index (χ3v) is 8.53. The number of thiophene rings is 1. The molecule has 0 radical (unpaired) electrons. The first-order valence-electron chi connectivity index (χ1n) is 13.8. The van der Waals surface area contributed by atoms with Crippen molar-refractivity contribution < 1.29 is 19.4 Å². The van der Waals surface area contributed by atoms with E-state index in [2.05, 4.69) is 43.4 Å². The second kappa shape index (κ2) is 16.0. The van der Waals surface area contributed by atoms with E-state index in [9.17, 15) is 14.7 Å². The molecule has 0 aliphatic carbocycles. The average Bonchev–Trinajstić information content (AvgIpc) is 3.38. The molecule has 2 aromatic carbocycles. The summed E-state index contributed by atoms with van der Waals surface area (Å²) in [4.78, 5) is 29.9. The van der Waals surface area contributed by atoms with Gasteiger partial charge in [-0.2, -0.15) is 11.8 Å². The fourth-order valence-electron chi connectivity index (χ4n) is 4.56. The summed E-state index contributed by atoms with van der Waals surface area (Å²) in [7, 11) is 4.15. The van der Waals surface area contributed by atoms with Gasteiger partial charge in [0.05, 0.1) is 12.7 Å². The van der Waals surface area contributed by atoms with Gasteiger partial charge in [0.15, 0.2) is 0 Å². The van der Waals surface area contributed by atoms with Gasteiger partial charge in [0.1, 0.15) is 6.04 Å². The minimum absolute atomic E-state index is 0.0125. The molecule has 0 fully saturated rings. The molecule has 3 rings (SSSR count). The molecule has 0 aliphatic heterocycles. The minimum atomic E-state index is -1.02. The lowest BCUT2D eigenvalue weighted by molar-refractivity contribution is -0.139. The van der Waals surface area contributed by atoms with E-state index in [4.69, 9.17) is 4.74 Å². The van der Waals surface area contributed by atoms with Crippen LogP contribution in [0.2, 0.25) is 0 Å². The summed E-state index contributed by atoms with van der Waals surface area (Å²) < 4.78 is 6.51. The first-order valence-corrected chi connectivity index (χ1v) is 16.0. The summed E-state index contributed by atoms with van der Waals surface area (Å²) in [5.41, 5.74) is 4.19. The minimum Gasteiger partial charge on any atom is -0.480 e. The number of hydrogen-bond donors (Lipinski definition) is 2. The van der Waals surface area contributed by atoms with Gasteiger partial charge in [0.2, 0.25) is 0 Å². The van der Waals surface area contributed by atoms with Crippen molar-refractivity contribution in [1.29, 1.82) is 0 Å². The molecule has 1 aromatic heterocycles. The third-order valence-electron chi connectivity index (χ3n) is 6.72. The van der Waals surface area contributed by atoms with Crippen LogP contribution < -0.4 is 5.32 Å². The largest absolute Gasteiger partial charge is 0.480 e. The highest BCUT2D eigenvalue weighted by Gasteiger charge is 2.23. The lowest BCUT2D eigenvalue weighted by Gasteiger charge is -2.19. The van der Waals surface area contributed by atoms with E-state index in [1.54, 1.807) is 17.8 Å². The smallest absolute Gasteiger partial charge is 0.326 e. The molecule has 2 atom stereocenters. The Morgan fingerprint density at radius 1 is 1.07 bits per heavy atom. The van der Waals surface area contributed by atoms with Gasteiger partial charge in [-0.15, -0.1) is 11.3 Å². The maximum atomic E-state index is 13.4. The highest BCUT2D eigenvalue weighted by Crippen LogP contribution is 2.33. The van der Waals surface area contributed by atoms with Gasteiger partial charge in [0, 0.05) is 21.9 Å². The molecule has 0 saturated carbocycles. The van der Waals surface area contributed by atoms with Gasteiger partial charge in [-0.25, -0.2) is 4.79 Å². The zero-order valence-corrected chi connectivity index (χ0v) is 25.9. The van der Waals surface area contributed by atoms with E-state index in [1.807, 2.05) is 60.9 Å². The lowest BCUT2D eigenvalue weighted by atomic mass is 9.93. The van der Waals surface area contributed by atoms with E-state index in [-0.39, 0.29) is 12.0 Å². The summed E-state index contributed by atoms with van der Waals surface area (Å²) >= 11 is 3.37. The lowest BCUT2D eigenvalue weighted by Crippen LogP contribution is -2.41. The maximum Gasteiger partial charge on any atom is 0.326 e. The SMILES string of the molecule is CCCC[C@H](OCc1ccc(C(=O)N[C@@H](CCSC)C(=O)O)c(-c2ccccc2C)c1)c1ccc(CN(C)C)s1. The topological polar surface area (TPSA) is 78.9 Å². The van der Waals surface area contributed by atoms with Gasteiger partial charge in [-0.05, 0) is 92.4 Å². The van der Waals surface area contributed by atoms with E-state index in [1.165, 1.54) is 9.75 Å². The van der Waals surface area contributed by atoms with Crippen LogP contribution in [-0.4, -0.2) is 54.0 Å². The number of aliphatic carboxylic acids is 1. The van der Waals surface area contributed by atoms with Crippen LogP contribution in [0.5, 0.6) is 0 Å². The second-order valence-electron chi connectivity index (χ2n) is 10.3. The quantitative estimate of drug-likeness (QED) is 0.186. The van der Waals surface area contributed by atoms with E-state index in [0.29, 0.717) is 24.3 Å². The van der Waals surface area contributed by atoms with Crippen molar-refractivity contribution in [2.75, 3.05) is 26.1 Å². The summed E-state index contributed by atoms with van der Waals surface area (Å²) in [6, 6.07) is 17.1. The van der Waals surface area contributed by atoms with Gasteiger partial charge < -0.3 is 20.1 Å². The fourth-order valence-corrected chi connectivity index (χ4v) is 6.25. The van der Waals surface area contributed by atoms with Crippen molar-refractivity contribution in [2.45, 2.75) is 64.8 Å². The molecule has 0 bridgehead atoms. The molecule has 0 spiro atoms. The number of nitrogens with zero attached hydrogens (tertiary/aromatic N) is 1. The zero-order chi connectivity index (χ0) is 29.1. The molecule has 1 amide bonds. The molecule has 216 valence electrons. The van der Waals surface area contributed by atoms with Gasteiger partial charge >= 0.3 is 5.97 Å². The molecule has 2 N–H and O–H groups in total. The second-order valence-corrected chi connectivity index (χ2v) is 12.5. The van der Waals surface area contributed by atoms with Crippen LogP contribution in [0.15, 0.2) is 54.6 Å². The number of carbonyl (C=O) groups excluding carboxylic acids is 1. The number of unbranched alkanes of at least 4 members (excludes halogenated alkanes) is 1. The Balaban J connectivity index is 1.88. The van der Waals surface area contributed by atoms with Crippen LogP contribution in [0.3, 0.4) is 0 Å². The Hall–Kier alpha value is -2.65. The number of carboxylic acids is 1. The number of amides is 1. The molecule has 1 heterocycles. The van der Waals surface area contributed by atoms with Crippen LogP contribution in [0.1, 0.15) is 70.0 Å². The normalized spacial score (nSPS) is 12.8. The monoisotopic (exact) mass is 582 g/mol. The van der Waals surface area contributed by atoms with Crippen molar-refractivity contribution in [1.82, 2.24) is 10.2 Å². The molecule has 8 heteroatoms. The molecule has 6 nitrogen and oxygen atoms in total. The van der Waals surface area contributed by atoms with Gasteiger partial charge in [0.25, 0.3) is 5.91 Å². The average molecular weight is 583 g/mol. The number of aryl methyl sites for hydroxylation is 1. The standard InChI is InChI=1S/C32H42N2O4S2/c1-6-7-12-29(30-16-14-24(40-30)20-34(3)4)38-21-23-13-15-26(27(19-23)25-11-9-8-10-22(25)2)31(35)33-28(32(36)37)17-18-39-5/h8-11,13-16,19,28-29H,6-7,12,17-18,20-21H2,1-5H3,(H,33,35)(H,36,37)/t28-,29-/m0/s1. The molecule has 0 saturated heterocycles. The maximum absolute atomic E-state index is 13.4. The molecule has 3 aromatic rings. The molecule has 0 aliphatic rings. The number of carboxylic acid groups (broad SMARTS) is 1. The predicted octanol–water partition coefficient (Wildman–Crippen LogP) is 7.17. The van der Waals surface area contributed by atoms with Crippen LogP contribution in [0.4, 0.5) is 0 Å². The van der Waals surface area contributed by atoms with Crippen molar-refractivity contribution in [3.63, 3.8) is 0 Å². The number of nitrogens with one attached hydrogen (secondary N) is 1. The predicted molar refractivity (Wildman–Crippen MR) is 167 cm³/mol. The van der Waals surface area contributed by atoms with Crippen LogP contribution in [0, 0.1) is 6.92 Å². The molecule has 0 unspecified atom stereocenters. The van der Waals surface area contributed by atoms with Crippen LogP contribution in [-0.2, 0) is 22.7 Å². The summed E-state index contributed by atoms with van der Waals surface area (Å²) in [5.74, 6) is -0.754. The molecular formula is C32H42N2O4S2. The van der Waals surface area contributed by atoms with Gasteiger partial charge in [-0.1, -0.05) is 50.1 Å². The number of thioether (sulfide) groups is 1. The summed E-state index contributed by atoms with van der Waals surface area (Å²) in [6.45, 7) is 5.54. The Morgan fingerprint density at radius 3 is 2.52 bits per heavy atom. The third kappa shape index (κ3) is 9.20. The summed E-state index contributed by atoms with van der Waals surface area (Å²) in [6.07, 6.45) is 5.44. The van der Waals surface area contributed by atoms with Crippen LogP contribution in [0.25, 0.3) is 11.1 Å². The highest BCUT2D eigenvalue weighted by molar-refractivity contribution is 7.98. The number of carbonyl (C=O) groups is 2. The van der Waals surface area contributed by atoms with Crippen LogP contribution >= 0.6 is 23.1 Å². The Labute approximate surface area is 247 Å². The number of rotatable bonds is 16. The fraction of sp³-hybridized carbons (Fsp3) is 0.438. The Morgan fingerprint density at radius 2 is 1.85 bits per heavy atom. The van der Waals surface area contributed by atoms with E-state index >= 15 is 0 Å². The van der Waals surface area contributed by atoms with Crippen molar-refractivity contribution in [3.8, 4) is 11.1 Å². The first-order chi connectivity index (χ1) is 19.2. The van der Waals surface area contributed by atoms with Crippen molar-refractivity contribution >= 4 is 35.0 Å². The molecular weight excluding hydrogens is 540 g/mol. The Kier molecular flexibility index (Phi) is 12.7. The number of ether oxygens (including phenoxy) is 1. The Bertz CT molecular complexity index is 1260. The highest BCUT2D eigenvalue weighted by atomic mass is 32.2. The van der Waals surface area contributed by atoms with E-state index < -0.39 is 12.0 Å². The zero-order valence-electron chi connectivity index (χ0n) is 24.2. The molecule has 40 heavy (non-hydrogen) atoms.